The average Bonchev–Trinajstić information content (AvgIpc) is 2.76. The molecule has 0 fully saturated rings. The maximum absolute atomic E-state index is 5.91. The molecular formula is C19H18N4OS. The van der Waals surface area contributed by atoms with Crippen LogP contribution in [-0.4, -0.2) is 21.4 Å². The van der Waals surface area contributed by atoms with E-state index in [0.717, 1.165) is 17.0 Å². The van der Waals surface area contributed by atoms with Crippen molar-refractivity contribution in [3.05, 3.63) is 59.7 Å². The van der Waals surface area contributed by atoms with Crippen molar-refractivity contribution >= 4 is 17.4 Å². The van der Waals surface area contributed by atoms with E-state index in [1.54, 1.807) is 11.8 Å². The molecule has 0 unspecified atom stereocenters. The quantitative estimate of drug-likeness (QED) is 0.711. The van der Waals surface area contributed by atoms with Gasteiger partial charge in [-0.05, 0) is 25.5 Å². The van der Waals surface area contributed by atoms with Gasteiger partial charge in [0, 0.05) is 17.0 Å². The van der Waals surface area contributed by atoms with Crippen LogP contribution in [0.1, 0.15) is 18.1 Å². The van der Waals surface area contributed by atoms with Crippen molar-refractivity contribution in [2.45, 2.75) is 31.0 Å². The Morgan fingerprint density at radius 3 is 2.72 bits per heavy atom. The monoisotopic (exact) mass is 350 g/mol. The first-order valence-corrected chi connectivity index (χ1v) is 9.13. The van der Waals surface area contributed by atoms with Crippen molar-refractivity contribution in [3.63, 3.8) is 0 Å². The van der Waals surface area contributed by atoms with E-state index >= 15 is 0 Å². The molecule has 0 saturated carbocycles. The van der Waals surface area contributed by atoms with Crippen LogP contribution in [0.3, 0.4) is 0 Å². The topological polar surface area (TPSA) is 59.9 Å². The van der Waals surface area contributed by atoms with E-state index in [1.165, 1.54) is 11.1 Å². The van der Waals surface area contributed by atoms with Crippen LogP contribution in [-0.2, 0) is 5.75 Å². The third-order valence-corrected chi connectivity index (χ3v) is 4.86. The molecule has 1 N–H and O–H groups in total. The molecule has 3 aromatic rings. The molecule has 0 radical (unpaired) electrons. The first-order chi connectivity index (χ1) is 12.2. The normalized spacial score (nSPS) is 15.4. The number of fused-ring (bicyclic) bond motifs is 3. The fourth-order valence-electron chi connectivity index (χ4n) is 2.67. The summed E-state index contributed by atoms with van der Waals surface area (Å²) in [5, 5.41) is 12.6. The minimum absolute atomic E-state index is 0.186. The van der Waals surface area contributed by atoms with E-state index in [2.05, 4.69) is 51.7 Å². The second-order valence-electron chi connectivity index (χ2n) is 5.97. The summed E-state index contributed by atoms with van der Waals surface area (Å²) in [6.07, 6.45) is -0.186. The van der Waals surface area contributed by atoms with Crippen LogP contribution in [0.5, 0.6) is 5.88 Å². The Morgan fingerprint density at radius 1 is 1.08 bits per heavy atom. The zero-order chi connectivity index (χ0) is 17.2. The van der Waals surface area contributed by atoms with Gasteiger partial charge in [0.05, 0.1) is 0 Å². The van der Waals surface area contributed by atoms with Gasteiger partial charge in [0.25, 0.3) is 0 Å². The molecule has 1 aliphatic heterocycles. The molecule has 0 saturated heterocycles. The molecule has 2 aromatic carbocycles. The van der Waals surface area contributed by atoms with Gasteiger partial charge in [0.1, 0.15) is 0 Å². The van der Waals surface area contributed by atoms with E-state index in [0.29, 0.717) is 16.7 Å². The molecule has 25 heavy (non-hydrogen) atoms. The van der Waals surface area contributed by atoms with Crippen LogP contribution < -0.4 is 10.1 Å². The van der Waals surface area contributed by atoms with Gasteiger partial charge in [0.2, 0.25) is 11.0 Å². The second kappa shape index (κ2) is 6.72. The van der Waals surface area contributed by atoms with Crippen molar-refractivity contribution in [2.24, 2.45) is 0 Å². The summed E-state index contributed by atoms with van der Waals surface area (Å²) in [5.74, 6) is 1.32. The van der Waals surface area contributed by atoms with Gasteiger partial charge in [-0.2, -0.15) is 4.98 Å². The predicted molar refractivity (Wildman–Crippen MR) is 99.7 cm³/mol. The lowest BCUT2D eigenvalue weighted by Gasteiger charge is -2.13. The number of aryl methyl sites for hydroxylation is 1. The Kier molecular flexibility index (Phi) is 4.28. The Hall–Kier alpha value is -2.60. The highest BCUT2D eigenvalue weighted by atomic mass is 32.2. The van der Waals surface area contributed by atoms with Crippen molar-refractivity contribution in [3.8, 4) is 17.1 Å². The highest BCUT2D eigenvalue weighted by Gasteiger charge is 2.22. The predicted octanol–water partition coefficient (Wildman–Crippen LogP) is 4.29. The van der Waals surface area contributed by atoms with E-state index in [-0.39, 0.29) is 6.23 Å². The molecule has 1 aromatic heterocycles. The van der Waals surface area contributed by atoms with E-state index < -0.39 is 0 Å². The van der Waals surface area contributed by atoms with Crippen LogP contribution in [0.15, 0.2) is 53.7 Å². The second-order valence-corrected chi connectivity index (χ2v) is 6.91. The van der Waals surface area contributed by atoms with Crippen molar-refractivity contribution in [2.75, 3.05) is 5.32 Å². The van der Waals surface area contributed by atoms with Crippen LogP contribution in [0.4, 0.5) is 5.69 Å². The number of nitrogens with one attached hydrogen (secondary N) is 1. The van der Waals surface area contributed by atoms with Crippen molar-refractivity contribution in [1.82, 2.24) is 15.2 Å². The van der Waals surface area contributed by atoms with E-state index in [9.17, 15) is 0 Å². The standard InChI is InChI=1S/C19H18N4OS/c1-12-7-9-14(10-8-12)11-25-19-21-18-17(22-23-19)15-5-3-4-6-16(15)20-13(2)24-18/h3-10,13,20H,11H2,1-2H3/t13-/m0/s1. The van der Waals surface area contributed by atoms with Gasteiger partial charge < -0.3 is 10.1 Å². The van der Waals surface area contributed by atoms with Gasteiger partial charge in [0.15, 0.2) is 11.9 Å². The maximum atomic E-state index is 5.91. The molecule has 1 atom stereocenters. The van der Waals surface area contributed by atoms with Gasteiger partial charge in [-0.15, -0.1) is 10.2 Å². The Labute approximate surface area is 150 Å². The number of ether oxygens (including phenoxy) is 1. The molecule has 2 heterocycles. The molecule has 0 amide bonds. The molecule has 126 valence electrons. The number of thioether (sulfide) groups is 1. The van der Waals surface area contributed by atoms with Gasteiger partial charge in [-0.3, -0.25) is 0 Å². The molecule has 0 spiro atoms. The van der Waals surface area contributed by atoms with Crippen LogP contribution in [0.2, 0.25) is 0 Å². The highest BCUT2D eigenvalue weighted by Crippen LogP contribution is 2.36. The fraction of sp³-hybridized carbons (Fsp3) is 0.211. The minimum atomic E-state index is -0.186. The fourth-order valence-corrected chi connectivity index (χ4v) is 3.41. The first-order valence-electron chi connectivity index (χ1n) is 8.15. The molecule has 6 heteroatoms. The smallest absolute Gasteiger partial charge is 0.247 e. The van der Waals surface area contributed by atoms with Crippen LogP contribution in [0, 0.1) is 6.92 Å². The summed E-state index contributed by atoms with van der Waals surface area (Å²) >= 11 is 1.56. The van der Waals surface area contributed by atoms with Crippen LogP contribution in [0.25, 0.3) is 11.3 Å². The number of aromatic nitrogens is 3. The molecule has 4 rings (SSSR count). The SMILES string of the molecule is Cc1ccc(CSc2nnc3c(n2)O[C@@H](C)Nc2ccccc2-3)cc1. The third-order valence-electron chi connectivity index (χ3n) is 3.95. The molecule has 0 aliphatic carbocycles. The summed E-state index contributed by atoms with van der Waals surface area (Å²) in [6, 6.07) is 16.4. The van der Waals surface area contributed by atoms with E-state index in [4.69, 9.17) is 4.74 Å². The summed E-state index contributed by atoms with van der Waals surface area (Å²) in [4.78, 5) is 4.58. The molecular weight excluding hydrogens is 332 g/mol. The number of hydrogen-bond donors (Lipinski definition) is 1. The van der Waals surface area contributed by atoms with Crippen molar-refractivity contribution < 1.29 is 4.74 Å². The lowest BCUT2D eigenvalue weighted by molar-refractivity contribution is 0.240. The molecule has 1 aliphatic rings. The third kappa shape index (κ3) is 3.44. The number of nitrogens with zero attached hydrogens (tertiary/aromatic N) is 3. The summed E-state index contributed by atoms with van der Waals surface area (Å²) < 4.78 is 5.91. The summed E-state index contributed by atoms with van der Waals surface area (Å²) in [5.41, 5.74) is 5.09. The average molecular weight is 350 g/mol. The zero-order valence-electron chi connectivity index (χ0n) is 14.1. The Morgan fingerprint density at radius 2 is 1.88 bits per heavy atom. The van der Waals surface area contributed by atoms with Crippen molar-refractivity contribution in [1.29, 1.82) is 0 Å². The maximum Gasteiger partial charge on any atom is 0.247 e. The van der Waals surface area contributed by atoms with Gasteiger partial charge in [-0.25, -0.2) is 0 Å². The lowest BCUT2D eigenvalue weighted by Crippen LogP contribution is -2.21. The largest absolute Gasteiger partial charge is 0.452 e. The van der Waals surface area contributed by atoms with Gasteiger partial charge in [-0.1, -0.05) is 59.8 Å². The molecule has 0 bridgehead atoms. The number of hydrogen-bond acceptors (Lipinski definition) is 6. The Balaban J connectivity index is 1.60. The summed E-state index contributed by atoms with van der Waals surface area (Å²) in [7, 11) is 0. The zero-order valence-corrected chi connectivity index (χ0v) is 14.9. The highest BCUT2D eigenvalue weighted by molar-refractivity contribution is 7.98. The minimum Gasteiger partial charge on any atom is -0.452 e. The first kappa shape index (κ1) is 15.9. The molecule has 5 nitrogen and oxygen atoms in total. The van der Waals surface area contributed by atoms with Gasteiger partial charge >= 0.3 is 0 Å². The van der Waals surface area contributed by atoms with Crippen LogP contribution >= 0.6 is 11.8 Å². The van der Waals surface area contributed by atoms with E-state index in [1.807, 2.05) is 31.2 Å². The number of para-hydroxylation sites is 1. The number of benzene rings is 2. The number of rotatable bonds is 3. The summed E-state index contributed by atoms with van der Waals surface area (Å²) in [6.45, 7) is 4.04. The number of anilines is 1. The Bertz CT molecular complexity index is 898. The lowest BCUT2D eigenvalue weighted by atomic mass is 10.1.